The summed E-state index contributed by atoms with van der Waals surface area (Å²) in [5.41, 5.74) is 0.146. The van der Waals surface area contributed by atoms with Crippen molar-refractivity contribution >= 4 is 21.9 Å². The molecule has 2 fully saturated rings. The van der Waals surface area contributed by atoms with Gasteiger partial charge in [-0.05, 0) is 31.0 Å². The molecule has 1 heterocycles. The van der Waals surface area contributed by atoms with Crippen LogP contribution in [-0.2, 0) is 19.6 Å². The van der Waals surface area contributed by atoms with Crippen molar-refractivity contribution in [3.05, 3.63) is 23.8 Å². The van der Waals surface area contributed by atoms with Gasteiger partial charge in [-0.25, -0.2) is 17.9 Å². The zero-order valence-corrected chi connectivity index (χ0v) is 15.0. The largest absolute Gasteiger partial charge is 0.495 e. The van der Waals surface area contributed by atoms with Crippen LogP contribution in [0.15, 0.2) is 23.1 Å². The van der Waals surface area contributed by atoms with E-state index in [2.05, 4.69) is 4.72 Å². The molecule has 0 spiro atoms. The Hall–Kier alpha value is -2.17. The van der Waals surface area contributed by atoms with Gasteiger partial charge in [0.05, 0.1) is 20.3 Å². The quantitative estimate of drug-likeness (QED) is 0.711. The third-order valence-electron chi connectivity index (χ3n) is 4.23. The van der Waals surface area contributed by atoms with Crippen molar-refractivity contribution < 1.29 is 32.6 Å². The number of ether oxygens (including phenoxy) is 2. The first-order chi connectivity index (χ1) is 12.3. The Balaban J connectivity index is 1.87. The fourth-order valence-electron chi connectivity index (χ4n) is 2.67. The van der Waals surface area contributed by atoms with Crippen LogP contribution in [0.25, 0.3) is 0 Å². The van der Waals surface area contributed by atoms with Crippen molar-refractivity contribution in [3.8, 4) is 5.75 Å². The second-order valence-electron chi connectivity index (χ2n) is 6.21. The molecule has 26 heavy (non-hydrogen) atoms. The van der Waals surface area contributed by atoms with Gasteiger partial charge in [0.25, 0.3) is 5.91 Å². The van der Waals surface area contributed by atoms with Crippen LogP contribution in [0.2, 0.25) is 0 Å². The predicted octanol–water partition coefficient (Wildman–Crippen LogP) is 0.0615. The van der Waals surface area contributed by atoms with Crippen LogP contribution in [0.4, 0.5) is 0 Å². The highest BCUT2D eigenvalue weighted by Crippen LogP contribution is 2.29. The van der Waals surface area contributed by atoms with Crippen molar-refractivity contribution in [2.24, 2.45) is 0 Å². The average molecular weight is 384 g/mol. The van der Waals surface area contributed by atoms with Crippen molar-refractivity contribution in [2.75, 3.05) is 26.8 Å². The van der Waals surface area contributed by atoms with Gasteiger partial charge in [0, 0.05) is 18.2 Å². The summed E-state index contributed by atoms with van der Waals surface area (Å²) in [7, 11) is -2.46. The maximum absolute atomic E-state index is 12.7. The number of methoxy groups -OCH3 is 1. The van der Waals surface area contributed by atoms with Crippen LogP contribution in [0.5, 0.6) is 5.75 Å². The van der Waals surface area contributed by atoms with Gasteiger partial charge in [-0.3, -0.25) is 4.79 Å². The number of carbonyl (C=O) groups is 2. The molecule has 3 rings (SSSR count). The van der Waals surface area contributed by atoms with E-state index < -0.39 is 28.0 Å². The van der Waals surface area contributed by atoms with E-state index >= 15 is 0 Å². The zero-order valence-electron chi connectivity index (χ0n) is 14.2. The van der Waals surface area contributed by atoms with E-state index in [1.54, 1.807) is 0 Å². The van der Waals surface area contributed by atoms with Crippen LogP contribution < -0.4 is 9.46 Å². The lowest BCUT2D eigenvalue weighted by molar-refractivity contribution is -0.154. The number of carboxylic acid groups (broad SMARTS) is 1. The predicted molar refractivity (Wildman–Crippen MR) is 89.6 cm³/mol. The number of nitrogens with zero attached hydrogens (tertiary/aromatic N) is 1. The number of morpholine rings is 1. The Kier molecular flexibility index (Phi) is 5.17. The molecule has 2 aliphatic rings. The van der Waals surface area contributed by atoms with Gasteiger partial charge >= 0.3 is 5.97 Å². The molecule has 10 heteroatoms. The minimum absolute atomic E-state index is 0.0837. The molecule has 9 nitrogen and oxygen atoms in total. The number of hydrogen-bond acceptors (Lipinski definition) is 6. The van der Waals surface area contributed by atoms with Gasteiger partial charge < -0.3 is 19.5 Å². The fourth-order valence-corrected chi connectivity index (χ4v) is 4.17. The number of sulfonamides is 1. The van der Waals surface area contributed by atoms with E-state index in [-0.39, 0.29) is 41.9 Å². The molecule has 1 aliphatic heterocycles. The summed E-state index contributed by atoms with van der Waals surface area (Å²) >= 11 is 0. The van der Waals surface area contributed by atoms with Gasteiger partial charge in [-0.15, -0.1) is 0 Å². The summed E-state index contributed by atoms with van der Waals surface area (Å²) in [5.74, 6) is -1.46. The van der Waals surface area contributed by atoms with E-state index in [9.17, 15) is 18.0 Å². The molecule has 2 N–H and O–H groups in total. The lowest BCUT2D eigenvalue weighted by Gasteiger charge is -2.31. The van der Waals surface area contributed by atoms with Crippen molar-refractivity contribution in [1.29, 1.82) is 0 Å². The Morgan fingerprint density at radius 2 is 2.08 bits per heavy atom. The smallest absolute Gasteiger partial charge is 0.334 e. The third-order valence-corrected chi connectivity index (χ3v) is 5.77. The summed E-state index contributed by atoms with van der Waals surface area (Å²) < 4.78 is 37.9. The van der Waals surface area contributed by atoms with Gasteiger partial charge in [0.15, 0.2) is 6.10 Å². The first-order valence-electron chi connectivity index (χ1n) is 8.16. The lowest BCUT2D eigenvalue weighted by atomic mass is 10.1. The second kappa shape index (κ2) is 7.22. The third kappa shape index (κ3) is 3.97. The first-order valence-corrected chi connectivity index (χ1v) is 9.64. The molecule has 1 aliphatic carbocycles. The van der Waals surface area contributed by atoms with Gasteiger partial charge in [-0.1, -0.05) is 0 Å². The number of rotatable bonds is 6. The molecule has 0 aromatic heterocycles. The molecular weight excluding hydrogens is 364 g/mol. The molecule has 1 amide bonds. The molecule has 1 saturated heterocycles. The summed E-state index contributed by atoms with van der Waals surface area (Å²) in [5, 5.41) is 9.05. The van der Waals surface area contributed by atoms with Gasteiger partial charge in [-0.2, -0.15) is 0 Å². The SMILES string of the molecule is COc1ccc(C(=O)N2CCOC(C(=O)O)C2)cc1S(=O)(=O)NC1CC1. The monoisotopic (exact) mass is 384 g/mol. The van der Waals surface area contributed by atoms with Gasteiger partial charge in [0.2, 0.25) is 10.0 Å². The first kappa shape index (κ1) is 18.6. The Morgan fingerprint density at radius 3 is 2.69 bits per heavy atom. The Bertz CT molecular complexity index is 820. The molecule has 142 valence electrons. The summed E-state index contributed by atoms with van der Waals surface area (Å²) in [6.45, 7) is 0.243. The number of nitrogens with one attached hydrogen (secondary N) is 1. The number of benzene rings is 1. The minimum atomic E-state index is -3.82. The van der Waals surface area contributed by atoms with Crippen LogP contribution in [0, 0.1) is 0 Å². The van der Waals surface area contributed by atoms with E-state index in [1.807, 2.05) is 0 Å². The summed E-state index contributed by atoms with van der Waals surface area (Å²) in [4.78, 5) is 25.0. The number of carbonyl (C=O) groups excluding carboxylic acids is 1. The summed E-state index contributed by atoms with van der Waals surface area (Å²) in [6.07, 6.45) is 0.473. The molecule has 1 aromatic carbocycles. The van der Waals surface area contributed by atoms with Gasteiger partial charge in [0.1, 0.15) is 10.6 Å². The topological polar surface area (TPSA) is 122 Å². The highest BCUT2D eigenvalue weighted by Gasteiger charge is 2.32. The van der Waals surface area contributed by atoms with Crippen LogP contribution in [0.3, 0.4) is 0 Å². The molecule has 1 unspecified atom stereocenters. The summed E-state index contributed by atoms with van der Waals surface area (Å²) in [6, 6.07) is 4.06. The minimum Gasteiger partial charge on any atom is -0.495 e. The van der Waals surface area contributed by atoms with E-state index in [1.165, 1.54) is 30.2 Å². The Labute approximate surface area is 150 Å². The van der Waals surface area contributed by atoms with E-state index in [4.69, 9.17) is 14.6 Å². The van der Waals surface area contributed by atoms with Crippen molar-refractivity contribution in [1.82, 2.24) is 9.62 Å². The zero-order chi connectivity index (χ0) is 18.9. The highest BCUT2D eigenvalue weighted by molar-refractivity contribution is 7.89. The van der Waals surface area contributed by atoms with E-state index in [0.29, 0.717) is 0 Å². The fraction of sp³-hybridized carbons (Fsp3) is 0.500. The number of hydrogen-bond donors (Lipinski definition) is 2. The number of aliphatic carboxylic acids is 1. The standard InChI is InChI=1S/C16H20N2O7S/c1-24-12-5-2-10(8-14(12)26(22,23)17-11-3-4-11)15(19)18-6-7-25-13(9-18)16(20)21/h2,5,8,11,13,17H,3-4,6-7,9H2,1H3,(H,20,21). The molecule has 1 aromatic rings. The second-order valence-corrected chi connectivity index (χ2v) is 7.89. The molecule has 1 atom stereocenters. The van der Waals surface area contributed by atoms with Crippen LogP contribution in [0.1, 0.15) is 23.2 Å². The van der Waals surface area contributed by atoms with Crippen molar-refractivity contribution in [2.45, 2.75) is 29.9 Å². The maximum atomic E-state index is 12.7. The van der Waals surface area contributed by atoms with Crippen LogP contribution in [-0.4, -0.2) is 69.3 Å². The molecule has 0 radical (unpaired) electrons. The molecule has 1 saturated carbocycles. The molecule has 0 bridgehead atoms. The van der Waals surface area contributed by atoms with Crippen LogP contribution >= 0.6 is 0 Å². The maximum Gasteiger partial charge on any atom is 0.334 e. The lowest BCUT2D eigenvalue weighted by Crippen LogP contribution is -2.48. The normalized spacial score (nSPS) is 20.7. The van der Waals surface area contributed by atoms with E-state index in [0.717, 1.165) is 12.8 Å². The average Bonchev–Trinajstić information content (AvgIpc) is 3.44. The van der Waals surface area contributed by atoms with Crippen molar-refractivity contribution in [3.63, 3.8) is 0 Å². The molecular formula is C16H20N2O7S. The number of amides is 1. The highest BCUT2D eigenvalue weighted by atomic mass is 32.2. The number of carboxylic acids is 1. The Morgan fingerprint density at radius 1 is 1.35 bits per heavy atom.